The van der Waals surface area contributed by atoms with E-state index in [0.29, 0.717) is 5.56 Å². The lowest BCUT2D eigenvalue weighted by Gasteiger charge is -2.23. The van der Waals surface area contributed by atoms with Gasteiger partial charge in [0.15, 0.2) is 0 Å². The number of phenolic OH excluding ortho intramolecular Hbond substituents is 1. The van der Waals surface area contributed by atoms with Crippen molar-refractivity contribution in [2.24, 2.45) is 0 Å². The van der Waals surface area contributed by atoms with E-state index in [-0.39, 0.29) is 11.7 Å². The molecule has 1 amide bonds. The Kier molecular flexibility index (Phi) is 3.57. The highest BCUT2D eigenvalue weighted by Gasteiger charge is 2.26. The molecule has 0 bridgehead atoms. The van der Waals surface area contributed by atoms with Gasteiger partial charge in [-0.2, -0.15) is 0 Å². The fourth-order valence-corrected chi connectivity index (χ4v) is 2.54. The molecule has 0 spiro atoms. The van der Waals surface area contributed by atoms with E-state index in [4.69, 9.17) is 0 Å². The van der Waals surface area contributed by atoms with Gasteiger partial charge >= 0.3 is 0 Å². The Hall–Kier alpha value is -1.88. The molecule has 0 aliphatic carbocycles. The fourth-order valence-electron chi connectivity index (χ4n) is 1.66. The standard InChI is InChI=1S/C14H16N2O2S/c1-9-8-19-13(15-9)14(2,3)16-12(18)10-4-6-11(17)7-5-10/h4-8,17H,1-3H3,(H,16,18). The zero-order valence-corrected chi connectivity index (χ0v) is 11.9. The van der Waals surface area contributed by atoms with Crippen LogP contribution in [0.3, 0.4) is 0 Å². The summed E-state index contributed by atoms with van der Waals surface area (Å²) in [7, 11) is 0. The number of amides is 1. The number of rotatable bonds is 3. The van der Waals surface area contributed by atoms with Crippen molar-refractivity contribution in [3.8, 4) is 5.75 Å². The summed E-state index contributed by atoms with van der Waals surface area (Å²) in [5.74, 6) is -0.0378. The number of hydrogen-bond acceptors (Lipinski definition) is 4. The Morgan fingerprint density at radius 2 is 1.95 bits per heavy atom. The molecule has 2 aromatic rings. The summed E-state index contributed by atoms with van der Waals surface area (Å²) in [4.78, 5) is 16.5. The summed E-state index contributed by atoms with van der Waals surface area (Å²) >= 11 is 1.53. The number of hydrogen-bond donors (Lipinski definition) is 2. The van der Waals surface area contributed by atoms with Crippen molar-refractivity contribution in [1.29, 1.82) is 0 Å². The zero-order valence-electron chi connectivity index (χ0n) is 11.1. The summed E-state index contributed by atoms with van der Waals surface area (Å²) in [6.07, 6.45) is 0. The molecule has 0 aliphatic rings. The molecule has 1 aromatic carbocycles. The topological polar surface area (TPSA) is 62.2 Å². The third-order valence-corrected chi connectivity index (χ3v) is 3.99. The van der Waals surface area contributed by atoms with Crippen molar-refractivity contribution >= 4 is 17.2 Å². The molecule has 100 valence electrons. The van der Waals surface area contributed by atoms with E-state index < -0.39 is 5.54 Å². The number of phenols is 1. The van der Waals surface area contributed by atoms with Crippen molar-refractivity contribution in [1.82, 2.24) is 10.3 Å². The molecule has 19 heavy (non-hydrogen) atoms. The average Bonchev–Trinajstić information content (AvgIpc) is 2.77. The van der Waals surface area contributed by atoms with Crippen molar-refractivity contribution in [3.63, 3.8) is 0 Å². The zero-order chi connectivity index (χ0) is 14.0. The van der Waals surface area contributed by atoms with Crippen LogP contribution < -0.4 is 5.32 Å². The number of aryl methyl sites for hydroxylation is 1. The average molecular weight is 276 g/mol. The van der Waals surface area contributed by atoms with Crippen molar-refractivity contribution in [3.05, 3.63) is 45.9 Å². The number of thiazole rings is 1. The quantitative estimate of drug-likeness (QED) is 0.906. The summed E-state index contributed by atoms with van der Waals surface area (Å²) in [5, 5.41) is 15.0. The predicted octanol–water partition coefficient (Wildman–Crippen LogP) is 2.82. The Labute approximate surface area is 116 Å². The number of benzene rings is 1. The SMILES string of the molecule is Cc1csc(C(C)(C)NC(=O)c2ccc(O)cc2)n1. The molecule has 0 saturated heterocycles. The van der Waals surface area contributed by atoms with Gasteiger partial charge in [0.25, 0.3) is 5.91 Å². The minimum atomic E-state index is -0.520. The number of carbonyl (C=O) groups is 1. The van der Waals surface area contributed by atoms with Crippen molar-refractivity contribution in [2.45, 2.75) is 26.3 Å². The van der Waals surface area contributed by atoms with Gasteiger partial charge in [-0.25, -0.2) is 4.98 Å². The van der Waals surface area contributed by atoms with Gasteiger partial charge in [0.05, 0.1) is 5.54 Å². The second-order valence-electron chi connectivity index (χ2n) is 4.92. The molecule has 0 fully saturated rings. The first-order valence-corrected chi connectivity index (χ1v) is 6.80. The smallest absolute Gasteiger partial charge is 0.252 e. The molecule has 2 rings (SSSR count). The van der Waals surface area contributed by atoms with Crippen LogP contribution in [0.15, 0.2) is 29.6 Å². The molecule has 0 atom stereocenters. The second kappa shape index (κ2) is 5.01. The Morgan fingerprint density at radius 1 is 1.32 bits per heavy atom. The maximum atomic E-state index is 12.1. The van der Waals surface area contributed by atoms with E-state index in [0.717, 1.165) is 10.7 Å². The lowest BCUT2D eigenvalue weighted by atomic mass is 10.1. The third-order valence-electron chi connectivity index (χ3n) is 2.71. The van der Waals surface area contributed by atoms with Crippen LogP contribution in [-0.4, -0.2) is 16.0 Å². The minimum Gasteiger partial charge on any atom is -0.508 e. The third kappa shape index (κ3) is 3.12. The summed E-state index contributed by atoms with van der Waals surface area (Å²) < 4.78 is 0. The first kappa shape index (κ1) is 13.5. The van der Waals surface area contributed by atoms with E-state index >= 15 is 0 Å². The van der Waals surface area contributed by atoms with Crippen LogP contribution in [0.25, 0.3) is 0 Å². The van der Waals surface area contributed by atoms with Gasteiger partial charge in [-0.3, -0.25) is 4.79 Å². The van der Waals surface area contributed by atoms with E-state index in [1.165, 1.54) is 23.5 Å². The highest BCUT2D eigenvalue weighted by atomic mass is 32.1. The minimum absolute atomic E-state index is 0.145. The molecule has 5 heteroatoms. The molecular weight excluding hydrogens is 260 g/mol. The molecule has 2 N–H and O–H groups in total. The summed E-state index contributed by atoms with van der Waals surface area (Å²) in [5.41, 5.74) is 0.944. The van der Waals surface area contributed by atoms with Gasteiger partial charge < -0.3 is 10.4 Å². The molecule has 0 saturated carbocycles. The van der Waals surface area contributed by atoms with Crippen LogP contribution in [0.4, 0.5) is 0 Å². The van der Waals surface area contributed by atoms with Crippen LogP contribution >= 0.6 is 11.3 Å². The molecule has 0 radical (unpaired) electrons. The van der Waals surface area contributed by atoms with Crippen LogP contribution in [0.5, 0.6) is 5.75 Å². The van der Waals surface area contributed by atoms with Gasteiger partial charge in [0.2, 0.25) is 0 Å². The number of aromatic hydroxyl groups is 1. The second-order valence-corrected chi connectivity index (χ2v) is 5.78. The number of carbonyl (C=O) groups excluding carboxylic acids is 1. The molecule has 1 heterocycles. The fraction of sp³-hybridized carbons (Fsp3) is 0.286. The van der Waals surface area contributed by atoms with E-state index in [1.54, 1.807) is 12.1 Å². The molecule has 0 unspecified atom stereocenters. The van der Waals surface area contributed by atoms with Crippen molar-refractivity contribution < 1.29 is 9.90 Å². The van der Waals surface area contributed by atoms with Gasteiger partial charge in [0.1, 0.15) is 10.8 Å². The Morgan fingerprint density at radius 3 is 2.47 bits per heavy atom. The number of nitrogens with one attached hydrogen (secondary N) is 1. The largest absolute Gasteiger partial charge is 0.508 e. The van der Waals surface area contributed by atoms with E-state index in [9.17, 15) is 9.90 Å². The highest BCUT2D eigenvalue weighted by Crippen LogP contribution is 2.24. The Bertz CT molecular complexity index is 588. The van der Waals surface area contributed by atoms with Gasteiger partial charge in [0, 0.05) is 16.6 Å². The van der Waals surface area contributed by atoms with E-state index in [1.807, 2.05) is 26.2 Å². The highest BCUT2D eigenvalue weighted by molar-refractivity contribution is 7.09. The molecule has 1 aromatic heterocycles. The maximum Gasteiger partial charge on any atom is 0.252 e. The first-order valence-electron chi connectivity index (χ1n) is 5.92. The van der Waals surface area contributed by atoms with Crippen LogP contribution in [0.2, 0.25) is 0 Å². The number of aromatic nitrogens is 1. The van der Waals surface area contributed by atoms with Crippen LogP contribution in [0.1, 0.15) is 34.9 Å². The summed E-state index contributed by atoms with van der Waals surface area (Å²) in [6.45, 7) is 5.77. The predicted molar refractivity (Wildman–Crippen MR) is 75.5 cm³/mol. The normalized spacial score (nSPS) is 11.3. The first-order chi connectivity index (χ1) is 8.88. The van der Waals surface area contributed by atoms with Gasteiger partial charge in [-0.05, 0) is 45.0 Å². The lowest BCUT2D eigenvalue weighted by molar-refractivity contribution is 0.0912. The lowest BCUT2D eigenvalue weighted by Crippen LogP contribution is -2.40. The van der Waals surface area contributed by atoms with Crippen molar-refractivity contribution in [2.75, 3.05) is 0 Å². The monoisotopic (exact) mass is 276 g/mol. The van der Waals surface area contributed by atoms with Gasteiger partial charge in [-0.1, -0.05) is 0 Å². The molecule has 4 nitrogen and oxygen atoms in total. The van der Waals surface area contributed by atoms with Crippen LogP contribution in [-0.2, 0) is 5.54 Å². The van der Waals surface area contributed by atoms with Crippen LogP contribution in [0, 0.1) is 6.92 Å². The Balaban J connectivity index is 2.16. The molecular formula is C14H16N2O2S. The molecule has 0 aliphatic heterocycles. The number of nitrogens with zero attached hydrogens (tertiary/aromatic N) is 1. The maximum absolute atomic E-state index is 12.1. The van der Waals surface area contributed by atoms with E-state index in [2.05, 4.69) is 10.3 Å². The summed E-state index contributed by atoms with van der Waals surface area (Å²) in [6, 6.07) is 6.17. The van der Waals surface area contributed by atoms with Gasteiger partial charge in [-0.15, -0.1) is 11.3 Å².